The summed E-state index contributed by atoms with van der Waals surface area (Å²) in [6, 6.07) is 11.0. The zero-order valence-corrected chi connectivity index (χ0v) is 16.0. The number of anilines is 2. The van der Waals surface area contributed by atoms with Crippen molar-refractivity contribution in [1.29, 1.82) is 0 Å². The molecule has 1 aliphatic heterocycles. The first-order valence-electron chi connectivity index (χ1n) is 8.52. The van der Waals surface area contributed by atoms with E-state index in [4.69, 9.17) is 4.74 Å². The molecular weight excluding hydrogens is 413 g/mol. The molecular formula is C18H17F3N2O5S. The second-order valence-corrected chi connectivity index (χ2v) is 8.25. The van der Waals surface area contributed by atoms with Gasteiger partial charge in [-0.2, -0.15) is 0 Å². The molecule has 0 aliphatic carbocycles. The molecule has 0 fully saturated rings. The van der Waals surface area contributed by atoms with Gasteiger partial charge in [-0.3, -0.25) is 9.10 Å². The van der Waals surface area contributed by atoms with Crippen molar-refractivity contribution in [3.63, 3.8) is 0 Å². The topological polar surface area (TPSA) is 84.9 Å². The number of carbonyl (C=O) groups is 1. The molecule has 2 aromatic carbocycles. The van der Waals surface area contributed by atoms with Gasteiger partial charge in [-0.05, 0) is 43.3 Å². The van der Waals surface area contributed by atoms with Crippen molar-refractivity contribution in [2.75, 3.05) is 21.9 Å². The molecule has 3 rings (SSSR count). The third-order valence-electron chi connectivity index (χ3n) is 4.08. The maximum atomic E-state index is 12.6. The van der Waals surface area contributed by atoms with Crippen molar-refractivity contribution in [1.82, 2.24) is 0 Å². The standard InChI is InChI=1S/C18H17F3N2O5S/c1-2-29(25,26)23-11-16(27-15-6-4-3-5-14(15)23)17(24)22-12-7-9-13(10-8-12)28-18(19,20)21/h3-10,16H,2,11H2,1H3,(H,22,24). The van der Waals surface area contributed by atoms with Crippen molar-refractivity contribution < 1.29 is 35.9 Å². The number of nitrogens with one attached hydrogen (secondary N) is 1. The van der Waals surface area contributed by atoms with Crippen molar-refractivity contribution in [2.24, 2.45) is 0 Å². The molecule has 0 aromatic heterocycles. The van der Waals surface area contributed by atoms with E-state index in [1.54, 1.807) is 24.3 Å². The Morgan fingerprint density at radius 1 is 1.21 bits per heavy atom. The predicted molar refractivity (Wildman–Crippen MR) is 99.4 cm³/mol. The second kappa shape index (κ2) is 7.82. The Bertz CT molecular complexity index is 993. The highest BCUT2D eigenvalue weighted by Gasteiger charge is 2.36. The molecule has 1 N–H and O–H groups in total. The van der Waals surface area contributed by atoms with Crippen LogP contribution in [0.1, 0.15) is 6.92 Å². The van der Waals surface area contributed by atoms with Gasteiger partial charge in [-0.25, -0.2) is 8.42 Å². The van der Waals surface area contributed by atoms with E-state index < -0.39 is 34.1 Å². The molecule has 1 aliphatic rings. The van der Waals surface area contributed by atoms with E-state index in [2.05, 4.69) is 10.1 Å². The summed E-state index contributed by atoms with van der Waals surface area (Å²) in [5.41, 5.74) is 0.545. The Morgan fingerprint density at radius 2 is 1.86 bits per heavy atom. The summed E-state index contributed by atoms with van der Waals surface area (Å²) >= 11 is 0. The van der Waals surface area contributed by atoms with Crippen LogP contribution in [0.2, 0.25) is 0 Å². The number of carbonyl (C=O) groups excluding carboxylic acids is 1. The number of ether oxygens (including phenoxy) is 2. The number of amides is 1. The zero-order chi connectivity index (χ0) is 21.2. The third kappa shape index (κ3) is 4.91. The average molecular weight is 430 g/mol. The van der Waals surface area contributed by atoms with Crippen LogP contribution in [0.25, 0.3) is 0 Å². The fourth-order valence-electron chi connectivity index (χ4n) is 2.72. The van der Waals surface area contributed by atoms with Gasteiger partial charge in [-0.1, -0.05) is 12.1 Å². The first kappa shape index (κ1) is 20.8. The van der Waals surface area contributed by atoms with Gasteiger partial charge < -0.3 is 14.8 Å². The van der Waals surface area contributed by atoms with Gasteiger partial charge in [0, 0.05) is 5.69 Å². The van der Waals surface area contributed by atoms with Crippen LogP contribution in [0, 0.1) is 0 Å². The Hall–Kier alpha value is -2.95. The number of benzene rings is 2. The largest absolute Gasteiger partial charge is 0.573 e. The Labute approximate surface area is 165 Å². The minimum absolute atomic E-state index is 0.156. The van der Waals surface area contributed by atoms with Crippen LogP contribution in [0.3, 0.4) is 0 Å². The molecule has 1 unspecified atom stereocenters. The number of nitrogens with zero attached hydrogens (tertiary/aromatic N) is 1. The van der Waals surface area contributed by atoms with Crippen LogP contribution in [-0.2, 0) is 14.8 Å². The number of rotatable bonds is 5. The molecule has 1 heterocycles. The first-order valence-corrected chi connectivity index (χ1v) is 10.1. The SMILES string of the molecule is CCS(=O)(=O)N1CC(C(=O)Nc2ccc(OC(F)(F)F)cc2)Oc2ccccc21. The van der Waals surface area contributed by atoms with Crippen molar-refractivity contribution in [2.45, 2.75) is 19.4 Å². The highest BCUT2D eigenvalue weighted by molar-refractivity contribution is 7.92. The van der Waals surface area contributed by atoms with Gasteiger partial charge in [-0.15, -0.1) is 13.2 Å². The molecule has 7 nitrogen and oxygen atoms in total. The molecule has 1 atom stereocenters. The van der Waals surface area contributed by atoms with E-state index >= 15 is 0 Å². The molecule has 0 radical (unpaired) electrons. The van der Waals surface area contributed by atoms with E-state index in [0.29, 0.717) is 5.69 Å². The van der Waals surface area contributed by atoms with Crippen LogP contribution >= 0.6 is 0 Å². The number of halogens is 3. The Balaban J connectivity index is 1.76. The maximum Gasteiger partial charge on any atom is 0.573 e. The van der Waals surface area contributed by atoms with E-state index in [0.717, 1.165) is 16.4 Å². The summed E-state index contributed by atoms with van der Waals surface area (Å²) < 4.78 is 72.0. The van der Waals surface area contributed by atoms with E-state index in [1.165, 1.54) is 19.1 Å². The predicted octanol–water partition coefficient (Wildman–Crippen LogP) is 3.14. The summed E-state index contributed by atoms with van der Waals surface area (Å²) in [6.45, 7) is 1.27. The van der Waals surface area contributed by atoms with Gasteiger partial charge in [0.05, 0.1) is 18.0 Å². The Kier molecular flexibility index (Phi) is 5.60. The van der Waals surface area contributed by atoms with Crippen molar-refractivity contribution >= 4 is 27.3 Å². The Morgan fingerprint density at radius 3 is 2.48 bits per heavy atom. The minimum Gasteiger partial charge on any atom is -0.476 e. The fraction of sp³-hybridized carbons (Fsp3) is 0.278. The number of sulfonamides is 1. The van der Waals surface area contributed by atoms with E-state index in [9.17, 15) is 26.4 Å². The number of hydrogen-bond donors (Lipinski definition) is 1. The fourth-order valence-corrected chi connectivity index (χ4v) is 3.85. The highest BCUT2D eigenvalue weighted by Crippen LogP contribution is 2.35. The van der Waals surface area contributed by atoms with E-state index in [-0.39, 0.29) is 23.7 Å². The van der Waals surface area contributed by atoms with Gasteiger partial charge >= 0.3 is 6.36 Å². The first-order chi connectivity index (χ1) is 13.6. The van der Waals surface area contributed by atoms with Gasteiger partial charge in [0.1, 0.15) is 11.5 Å². The summed E-state index contributed by atoms with van der Waals surface area (Å²) in [5, 5.41) is 2.50. The number of para-hydroxylation sites is 2. The van der Waals surface area contributed by atoms with Crippen LogP contribution in [0.15, 0.2) is 48.5 Å². The lowest BCUT2D eigenvalue weighted by Crippen LogP contribution is -2.49. The smallest absolute Gasteiger partial charge is 0.476 e. The van der Waals surface area contributed by atoms with Crippen LogP contribution in [-0.4, -0.2) is 39.1 Å². The molecule has 0 spiro atoms. The van der Waals surface area contributed by atoms with Crippen LogP contribution < -0.4 is 19.1 Å². The molecule has 156 valence electrons. The molecule has 0 bridgehead atoms. The molecule has 0 saturated carbocycles. The highest BCUT2D eigenvalue weighted by atomic mass is 32.2. The van der Waals surface area contributed by atoms with Gasteiger partial charge in [0.15, 0.2) is 6.10 Å². The maximum absolute atomic E-state index is 12.6. The average Bonchev–Trinajstić information content (AvgIpc) is 2.67. The summed E-state index contributed by atoms with van der Waals surface area (Å²) in [6.07, 6.45) is -5.96. The second-order valence-electron chi connectivity index (χ2n) is 6.07. The number of hydrogen-bond acceptors (Lipinski definition) is 5. The summed E-state index contributed by atoms with van der Waals surface area (Å²) in [5.74, 6) is -0.986. The monoisotopic (exact) mass is 430 g/mol. The lowest BCUT2D eigenvalue weighted by molar-refractivity contribution is -0.274. The lowest BCUT2D eigenvalue weighted by Gasteiger charge is -2.34. The van der Waals surface area contributed by atoms with Gasteiger partial charge in [0.2, 0.25) is 10.0 Å². The molecule has 29 heavy (non-hydrogen) atoms. The van der Waals surface area contributed by atoms with Gasteiger partial charge in [0.25, 0.3) is 5.91 Å². The molecule has 1 amide bonds. The molecule has 0 saturated heterocycles. The summed E-state index contributed by atoms with van der Waals surface area (Å²) in [4.78, 5) is 12.6. The normalized spacial score (nSPS) is 16.6. The number of fused-ring (bicyclic) bond motifs is 1. The lowest BCUT2D eigenvalue weighted by atomic mass is 10.2. The minimum atomic E-state index is -4.82. The van der Waals surface area contributed by atoms with Crippen molar-refractivity contribution in [3.8, 4) is 11.5 Å². The third-order valence-corrected chi connectivity index (χ3v) is 5.83. The summed E-state index contributed by atoms with van der Waals surface area (Å²) in [7, 11) is -3.65. The van der Waals surface area contributed by atoms with E-state index in [1.807, 2.05) is 0 Å². The van der Waals surface area contributed by atoms with Crippen LogP contribution in [0.4, 0.5) is 24.5 Å². The zero-order valence-electron chi connectivity index (χ0n) is 15.1. The number of alkyl halides is 3. The quantitative estimate of drug-likeness (QED) is 0.788. The molecule has 11 heteroatoms. The van der Waals surface area contributed by atoms with Crippen molar-refractivity contribution in [3.05, 3.63) is 48.5 Å². The molecule has 2 aromatic rings. The van der Waals surface area contributed by atoms with Crippen LogP contribution in [0.5, 0.6) is 11.5 Å².